The molecule has 3 nitrogen and oxygen atoms in total. The fourth-order valence-corrected chi connectivity index (χ4v) is 2.27. The van der Waals surface area contributed by atoms with Crippen molar-refractivity contribution in [3.8, 4) is 0 Å². The summed E-state index contributed by atoms with van der Waals surface area (Å²) in [5.41, 5.74) is 2.52. The van der Waals surface area contributed by atoms with Crippen LogP contribution in [0.4, 0.5) is 5.69 Å². The minimum absolute atomic E-state index is 0.0495. The highest BCUT2D eigenvalue weighted by Crippen LogP contribution is 2.31. The lowest BCUT2D eigenvalue weighted by Crippen LogP contribution is -2.40. The van der Waals surface area contributed by atoms with E-state index in [0.717, 1.165) is 6.42 Å². The summed E-state index contributed by atoms with van der Waals surface area (Å²) in [6.07, 6.45) is 2.71. The van der Waals surface area contributed by atoms with Crippen molar-refractivity contribution in [3.63, 3.8) is 0 Å². The number of nitrogens with zero attached hydrogens (tertiary/aromatic N) is 1. The number of nitrogens with one attached hydrogen (secondary N) is 1. The molecule has 0 aliphatic carbocycles. The first kappa shape index (κ1) is 11.7. The van der Waals surface area contributed by atoms with E-state index in [1.807, 2.05) is 12.1 Å². The molecule has 1 aliphatic heterocycles. The summed E-state index contributed by atoms with van der Waals surface area (Å²) < 4.78 is 0. The van der Waals surface area contributed by atoms with Crippen LogP contribution in [0.2, 0.25) is 0 Å². The number of fused-ring (bicyclic) bond motifs is 1. The Morgan fingerprint density at radius 3 is 3.12 bits per heavy atom. The number of para-hydroxylation sites is 1. The Hall–Kier alpha value is -1.77. The minimum atomic E-state index is 0.0495. The van der Waals surface area contributed by atoms with E-state index in [4.69, 9.17) is 0 Å². The molecule has 0 aromatic heterocycles. The van der Waals surface area contributed by atoms with E-state index in [1.165, 1.54) is 11.3 Å². The predicted octanol–water partition coefficient (Wildman–Crippen LogP) is 1.74. The summed E-state index contributed by atoms with van der Waals surface area (Å²) in [6.45, 7) is 6.69. The second-order valence-electron chi connectivity index (χ2n) is 4.40. The number of hydrogen-bond donors (Lipinski definition) is 1. The van der Waals surface area contributed by atoms with Crippen LogP contribution in [0.1, 0.15) is 12.5 Å². The summed E-state index contributed by atoms with van der Waals surface area (Å²) >= 11 is 0. The largest absolute Gasteiger partial charge is 0.359 e. The molecule has 0 bridgehead atoms. The molecular weight excluding hydrogens is 212 g/mol. The van der Waals surface area contributed by atoms with E-state index in [9.17, 15) is 4.79 Å². The van der Waals surface area contributed by atoms with Gasteiger partial charge in [0.2, 0.25) is 5.91 Å². The van der Waals surface area contributed by atoms with Crippen LogP contribution in [0.5, 0.6) is 0 Å². The maximum absolute atomic E-state index is 11.7. The molecule has 2 rings (SSSR count). The Kier molecular flexibility index (Phi) is 3.47. The Labute approximate surface area is 102 Å². The van der Waals surface area contributed by atoms with E-state index in [1.54, 1.807) is 6.08 Å². The summed E-state index contributed by atoms with van der Waals surface area (Å²) in [6, 6.07) is 8.67. The standard InChI is InChI=1S/C14H18N2O/c1-3-8-15-14(17)10-16-11(2)9-12-6-4-5-7-13(12)16/h3-7,11H,1,8-10H2,2H3,(H,15,17)/t11-/m1/s1. The lowest BCUT2D eigenvalue weighted by molar-refractivity contribution is -0.119. The number of anilines is 1. The highest BCUT2D eigenvalue weighted by atomic mass is 16.2. The van der Waals surface area contributed by atoms with Crippen molar-refractivity contribution in [1.29, 1.82) is 0 Å². The number of amides is 1. The molecule has 3 heteroatoms. The number of carbonyl (C=O) groups is 1. The lowest BCUT2D eigenvalue weighted by Gasteiger charge is -2.24. The molecule has 1 N–H and O–H groups in total. The number of carbonyl (C=O) groups excluding carboxylic acids is 1. The van der Waals surface area contributed by atoms with Crippen LogP contribution in [0.25, 0.3) is 0 Å². The lowest BCUT2D eigenvalue weighted by atomic mass is 10.1. The molecule has 0 spiro atoms. The van der Waals surface area contributed by atoms with Gasteiger partial charge in [-0.25, -0.2) is 0 Å². The van der Waals surface area contributed by atoms with Crippen molar-refractivity contribution in [3.05, 3.63) is 42.5 Å². The Morgan fingerprint density at radius 2 is 2.35 bits per heavy atom. The van der Waals surface area contributed by atoms with Crippen LogP contribution >= 0.6 is 0 Å². The first-order chi connectivity index (χ1) is 8.22. The van der Waals surface area contributed by atoms with Crippen molar-refractivity contribution in [2.75, 3.05) is 18.0 Å². The highest BCUT2D eigenvalue weighted by molar-refractivity contribution is 5.82. The molecule has 1 atom stereocenters. The summed E-state index contributed by atoms with van der Waals surface area (Å²) in [4.78, 5) is 13.9. The monoisotopic (exact) mass is 230 g/mol. The smallest absolute Gasteiger partial charge is 0.239 e. The van der Waals surface area contributed by atoms with E-state index >= 15 is 0 Å². The summed E-state index contributed by atoms with van der Waals surface area (Å²) in [5.74, 6) is 0.0495. The molecule has 1 amide bonds. The van der Waals surface area contributed by atoms with Crippen LogP contribution in [0, 0.1) is 0 Å². The van der Waals surface area contributed by atoms with Gasteiger partial charge in [-0.05, 0) is 25.0 Å². The molecule has 17 heavy (non-hydrogen) atoms. The topological polar surface area (TPSA) is 32.3 Å². The maximum atomic E-state index is 11.7. The maximum Gasteiger partial charge on any atom is 0.239 e. The Balaban J connectivity index is 2.06. The molecule has 1 aliphatic rings. The van der Waals surface area contributed by atoms with Crippen LogP contribution in [0.15, 0.2) is 36.9 Å². The molecule has 0 saturated carbocycles. The first-order valence-corrected chi connectivity index (χ1v) is 5.94. The fourth-order valence-electron chi connectivity index (χ4n) is 2.27. The van der Waals surface area contributed by atoms with Gasteiger partial charge in [-0.3, -0.25) is 4.79 Å². The Morgan fingerprint density at radius 1 is 1.59 bits per heavy atom. The van der Waals surface area contributed by atoms with Crippen molar-refractivity contribution in [2.24, 2.45) is 0 Å². The molecule has 0 saturated heterocycles. The summed E-state index contributed by atoms with van der Waals surface area (Å²) in [5, 5.41) is 2.81. The molecule has 1 aromatic carbocycles. The number of rotatable bonds is 4. The Bertz CT molecular complexity index is 428. The van der Waals surface area contributed by atoms with Crippen molar-refractivity contribution in [1.82, 2.24) is 5.32 Å². The molecule has 0 radical (unpaired) electrons. The summed E-state index contributed by atoms with van der Waals surface area (Å²) in [7, 11) is 0. The van der Waals surface area contributed by atoms with E-state index in [-0.39, 0.29) is 5.91 Å². The molecule has 1 aromatic rings. The van der Waals surface area contributed by atoms with Gasteiger partial charge in [0.1, 0.15) is 0 Å². The number of hydrogen-bond acceptors (Lipinski definition) is 2. The molecule has 0 unspecified atom stereocenters. The van der Waals surface area contributed by atoms with Crippen molar-refractivity contribution < 1.29 is 4.79 Å². The highest BCUT2D eigenvalue weighted by Gasteiger charge is 2.26. The van der Waals surface area contributed by atoms with Gasteiger partial charge in [0.05, 0.1) is 6.54 Å². The van der Waals surface area contributed by atoms with E-state index in [2.05, 4.69) is 35.9 Å². The van der Waals surface area contributed by atoms with Crippen LogP contribution in [-0.4, -0.2) is 25.0 Å². The average Bonchev–Trinajstić information content (AvgIpc) is 2.64. The second kappa shape index (κ2) is 5.04. The van der Waals surface area contributed by atoms with Gasteiger partial charge in [0.15, 0.2) is 0 Å². The predicted molar refractivity (Wildman–Crippen MR) is 70.2 cm³/mol. The molecule has 0 fully saturated rings. The zero-order chi connectivity index (χ0) is 12.3. The van der Waals surface area contributed by atoms with Gasteiger partial charge in [0, 0.05) is 18.3 Å². The fraction of sp³-hybridized carbons (Fsp3) is 0.357. The second-order valence-corrected chi connectivity index (χ2v) is 4.40. The van der Waals surface area contributed by atoms with Crippen molar-refractivity contribution >= 4 is 11.6 Å². The number of benzene rings is 1. The van der Waals surface area contributed by atoms with Crippen molar-refractivity contribution in [2.45, 2.75) is 19.4 Å². The van der Waals surface area contributed by atoms with Gasteiger partial charge in [0.25, 0.3) is 0 Å². The SMILES string of the molecule is C=CCNC(=O)CN1c2ccccc2C[C@H]1C. The van der Waals surface area contributed by atoms with E-state index < -0.39 is 0 Å². The van der Waals surface area contributed by atoms with E-state index in [0.29, 0.717) is 19.1 Å². The third kappa shape index (κ3) is 2.49. The quantitative estimate of drug-likeness (QED) is 0.799. The van der Waals surface area contributed by atoms with Crippen LogP contribution < -0.4 is 10.2 Å². The van der Waals surface area contributed by atoms with Gasteiger partial charge < -0.3 is 10.2 Å². The van der Waals surface area contributed by atoms with Gasteiger partial charge >= 0.3 is 0 Å². The first-order valence-electron chi connectivity index (χ1n) is 5.94. The zero-order valence-corrected chi connectivity index (χ0v) is 10.1. The molecule has 90 valence electrons. The molecule has 1 heterocycles. The van der Waals surface area contributed by atoms with Crippen LogP contribution in [0.3, 0.4) is 0 Å². The third-order valence-corrected chi connectivity index (χ3v) is 3.11. The van der Waals surface area contributed by atoms with Crippen LogP contribution in [-0.2, 0) is 11.2 Å². The molecular formula is C14H18N2O. The van der Waals surface area contributed by atoms with Gasteiger partial charge in [-0.2, -0.15) is 0 Å². The van der Waals surface area contributed by atoms with Gasteiger partial charge in [-0.1, -0.05) is 24.3 Å². The zero-order valence-electron chi connectivity index (χ0n) is 10.1. The van der Waals surface area contributed by atoms with Gasteiger partial charge in [-0.15, -0.1) is 6.58 Å². The third-order valence-electron chi connectivity index (χ3n) is 3.11. The normalized spacial score (nSPS) is 17.7. The average molecular weight is 230 g/mol. The minimum Gasteiger partial charge on any atom is -0.359 e.